The average molecular weight is 474 g/mol. The average Bonchev–Trinajstić information content (AvgIpc) is 2.79. The van der Waals surface area contributed by atoms with E-state index in [-0.39, 0.29) is 34.9 Å². The highest BCUT2D eigenvalue weighted by Crippen LogP contribution is 2.27. The highest BCUT2D eigenvalue weighted by Gasteiger charge is 2.30. The van der Waals surface area contributed by atoms with Crippen LogP contribution in [0, 0.1) is 0 Å². The van der Waals surface area contributed by atoms with Crippen molar-refractivity contribution < 1.29 is 22.7 Å². The lowest BCUT2D eigenvalue weighted by Crippen LogP contribution is -2.51. The number of hydrogen-bond acceptors (Lipinski definition) is 5. The van der Waals surface area contributed by atoms with Crippen molar-refractivity contribution in [2.45, 2.75) is 62.4 Å². The Morgan fingerprint density at radius 3 is 2.39 bits per heavy atom. The molecular formula is C24H31N3O5S. The lowest BCUT2D eigenvalue weighted by Gasteiger charge is -2.26. The first-order valence-corrected chi connectivity index (χ1v) is 12.6. The van der Waals surface area contributed by atoms with E-state index in [9.17, 15) is 18.0 Å². The Hall–Kier alpha value is -2.91. The Morgan fingerprint density at radius 1 is 1.06 bits per heavy atom. The van der Waals surface area contributed by atoms with E-state index in [4.69, 9.17) is 4.74 Å². The summed E-state index contributed by atoms with van der Waals surface area (Å²) in [5.74, 6) is -0.570. The summed E-state index contributed by atoms with van der Waals surface area (Å²) >= 11 is 0. The Morgan fingerprint density at radius 2 is 1.76 bits per heavy atom. The topological polar surface area (TPSA) is 114 Å². The van der Waals surface area contributed by atoms with Crippen molar-refractivity contribution in [3.05, 3.63) is 54.1 Å². The second kappa shape index (κ2) is 11.3. The maximum absolute atomic E-state index is 13.4. The van der Waals surface area contributed by atoms with Crippen molar-refractivity contribution in [3.63, 3.8) is 0 Å². The van der Waals surface area contributed by atoms with Crippen LogP contribution in [0.2, 0.25) is 0 Å². The Labute approximate surface area is 195 Å². The summed E-state index contributed by atoms with van der Waals surface area (Å²) in [6.45, 7) is 1.34. The van der Waals surface area contributed by atoms with E-state index in [1.54, 1.807) is 6.07 Å². The summed E-state index contributed by atoms with van der Waals surface area (Å²) in [5, 5.41) is 5.60. The SMILES string of the molecule is COc1ccc(NC(C)=O)cc1S(=O)(=O)N[C@H](Cc1ccccc1)C(=O)NC1CCCCC1. The number of amides is 2. The molecule has 2 amide bonds. The number of methoxy groups -OCH3 is 1. The lowest BCUT2D eigenvalue weighted by atomic mass is 9.95. The van der Waals surface area contributed by atoms with Gasteiger partial charge in [0.1, 0.15) is 16.7 Å². The number of hydrogen-bond donors (Lipinski definition) is 3. The van der Waals surface area contributed by atoms with Crippen molar-refractivity contribution in [1.82, 2.24) is 10.0 Å². The van der Waals surface area contributed by atoms with Crippen LogP contribution in [0.15, 0.2) is 53.4 Å². The summed E-state index contributed by atoms with van der Waals surface area (Å²) in [7, 11) is -2.79. The number of rotatable bonds is 9. The molecule has 2 aromatic carbocycles. The van der Waals surface area contributed by atoms with Crippen LogP contribution in [0.3, 0.4) is 0 Å². The van der Waals surface area contributed by atoms with Gasteiger partial charge in [0.05, 0.1) is 7.11 Å². The third-order valence-electron chi connectivity index (χ3n) is 5.62. The molecule has 2 aromatic rings. The predicted octanol–water partition coefficient (Wildman–Crippen LogP) is 2.99. The quantitative estimate of drug-likeness (QED) is 0.518. The predicted molar refractivity (Wildman–Crippen MR) is 127 cm³/mol. The first-order chi connectivity index (χ1) is 15.8. The number of anilines is 1. The van der Waals surface area contributed by atoms with E-state index in [1.807, 2.05) is 30.3 Å². The Kier molecular flexibility index (Phi) is 8.46. The maximum Gasteiger partial charge on any atom is 0.245 e. The van der Waals surface area contributed by atoms with Gasteiger partial charge in [0.25, 0.3) is 0 Å². The number of ether oxygens (including phenoxy) is 1. The van der Waals surface area contributed by atoms with E-state index in [0.29, 0.717) is 5.69 Å². The maximum atomic E-state index is 13.4. The largest absolute Gasteiger partial charge is 0.495 e. The van der Waals surface area contributed by atoms with Crippen molar-refractivity contribution in [1.29, 1.82) is 0 Å². The van der Waals surface area contributed by atoms with Crippen molar-refractivity contribution in [3.8, 4) is 5.75 Å². The zero-order valence-corrected chi connectivity index (χ0v) is 19.8. The molecule has 8 nitrogen and oxygen atoms in total. The fourth-order valence-corrected chi connectivity index (χ4v) is 5.40. The van der Waals surface area contributed by atoms with Crippen LogP contribution in [0.5, 0.6) is 5.75 Å². The van der Waals surface area contributed by atoms with E-state index in [1.165, 1.54) is 26.2 Å². The molecule has 0 saturated heterocycles. The molecule has 0 aliphatic heterocycles. The van der Waals surface area contributed by atoms with Crippen LogP contribution in [0.4, 0.5) is 5.69 Å². The third kappa shape index (κ3) is 7.03. The molecular weight excluding hydrogens is 442 g/mol. The third-order valence-corrected chi connectivity index (χ3v) is 7.11. The summed E-state index contributed by atoms with van der Waals surface area (Å²) in [4.78, 5) is 24.4. The van der Waals surface area contributed by atoms with Crippen molar-refractivity contribution >= 4 is 27.5 Å². The molecule has 0 unspecified atom stereocenters. The van der Waals surface area contributed by atoms with E-state index < -0.39 is 16.1 Å². The number of nitrogens with one attached hydrogen (secondary N) is 3. The number of carbonyl (C=O) groups excluding carboxylic acids is 2. The normalized spacial score (nSPS) is 15.5. The van der Waals surface area contributed by atoms with Crippen LogP contribution in [-0.2, 0) is 26.0 Å². The van der Waals surface area contributed by atoms with Gasteiger partial charge in [-0.3, -0.25) is 9.59 Å². The summed E-state index contributed by atoms with van der Waals surface area (Å²) in [6.07, 6.45) is 5.23. The number of sulfonamides is 1. The molecule has 1 aliphatic carbocycles. The zero-order chi connectivity index (χ0) is 23.8. The van der Waals surface area contributed by atoms with Gasteiger partial charge in [-0.05, 0) is 43.0 Å². The van der Waals surface area contributed by atoms with Gasteiger partial charge in [-0.1, -0.05) is 49.6 Å². The molecule has 1 fully saturated rings. The van der Waals surface area contributed by atoms with Gasteiger partial charge < -0.3 is 15.4 Å². The molecule has 3 rings (SSSR count). The minimum absolute atomic E-state index is 0.0478. The fourth-order valence-electron chi connectivity index (χ4n) is 4.00. The van der Waals surface area contributed by atoms with E-state index >= 15 is 0 Å². The second-order valence-electron chi connectivity index (χ2n) is 8.25. The standard InChI is InChI=1S/C24H31N3O5S/c1-17(28)25-20-13-14-22(32-2)23(16-20)33(30,31)27-21(15-18-9-5-3-6-10-18)24(29)26-19-11-7-4-8-12-19/h3,5-6,9-10,13-14,16,19,21,27H,4,7-8,11-12,15H2,1-2H3,(H,25,28)(H,26,29)/t21-/m1/s1. The van der Waals surface area contributed by atoms with Gasteiger partial charge in [0.2, 0.25) is 21.8 Å². The first-order valence-electron chi connectivity index (χ1n) is 11.1. The molecule has 178 valence electrons. The molecule has 3 N–H and O–H groups in total. The van der Waals surface area contributed by atoms with Crippen LogP contribution in [0.1, 0.15) is 44.6 Å². The van der Waals surface area contributed by atoms with Gasteiger partial charge in [-0.2, -0.15) is 4.72 Å². The Balaban J connectivity index is 1.88. The summed E-state index contributed by atoms with van der Waals surface area (Å²) in [5.41, 5.74) is 1.15. The van der Waals surface area contributed by atoms with Crippen molar-refractivity contribution in [2.75, 3.05) is 12.4 Å². The van der Waals surface area contributed by atoms with Crippen molar-refractivity contribution in [2.24, 2.45) is 0 Å². The van der Waals surface area contributed by atoms with Gasteiger partial charge in [-0.25, -0.2) is 8.42 Å². The van der Waals surface area contributed by atoms with E-state index in [0.717, 1.165) is 37.7 Å². The van der Waals surface area contributed by atoms with Crippen LogP contribution in [0.25, 0.3) is 0 Å². The fraction of sp³-hybridized carbons (Fsp3) is 0.417. The molecule has 1 aliphatic rings. The van der Waals surface area contributed by atoms with E-state index in [2.05, 4.69) is 15.4 Å². The highest BCUT2D eigenvalue weighted by molar-refractivity contribution is 7.89. The summed E-state index contributed by atoms with van der Waals surface area (Å²) < 4.78 is 34.5. The Bertz CT molecular complexity index is 1070. The molecule has 0 radical (unpaired) electrons. The molecule has 1 saturated carbocycles. The lowest BCUT2D eigenvalue weighted by molar-refractivity contribution is -0.123. The van der Waals surface area contributed by atoms with Gasteiger partial charge in [0.15, 0.2) is 0 Å². The number of carbonyl (C=O) groups is 2. The minimum Gasteiger partial charge on any atom is -0.495 e. The molecule has 0 heterocycles. The minimum atomic E-state index is -4.15. The highest BCUT2D eigenvalue weighted by atomic mass is 32.2. The molecule has 1 atom stereocenters. The molecule has 0 spiro atoms. The number of benzene rings is 2. The first kappa shape index (κ1) is 24.7. The summed E-state index contributed by atoms with van der Waals surface area (Å²) in [6, 6.07) is 12.6. The van der Waals surface area contributed by atoms with Crippen LogP contribution < -0.4 is 20.1 Å². The zero-order valence-electron chi connectivity index (χ0n) is 19.0. The molecule has 33 heavy (non-hydrogen) atoms. The smallest absolute Gasteiger partial charge is 0.245 e. The van der Waals surface area contributed by atoms with Gasteiger partial charge in [-0.15, -0.1) is 0 Å². The molecule has 0 bridgehead atoms. The van der Waals surface area contributed by atoms with Gasteiger partial charge >= 0.3 is 0 Å². The molecule has 9 heteroatoms. The monoisotopic (exact) mass is 473 g/mol. The van der Waals surface area contributed by atoms with Gasteiger partial charge in [0, 0.05) is 18.7 Å². The second-order valence-corrected chi connectivity index (χ2v) is 9.94. The van der Waals surface area contributed by atoms with Crippen LogP contribution in [-0.4, -0.2) is 39.4 Å². The molecule has 0 aromatic heterocycles. The van der Waals surface area contributed by atoms with Crippen LogP contribution >= 0.6 is 0 Å².